The normalized spacial score (nSPS) is 19.4. The van der Waals surface area contributed by atoms with Crippen LogP contribution in [0.5, 0.6) is 0 Å². The first-order valence-electron chi connectivity index (χ1n) is 8.48. The van der Waals surface area contributed by atoms with Gasteiger partial charge in [0.2, 0.25) is 5.91 Å². The molecule has 0 aromatic heterocycles. The Hall–Kier alpha value is -2.89. The molecule has 0 unspecified atom stereocenters. The molecule has 1 amide bonds. The van der Waals surface area contributed by atoms with E-state index in [4.69, 9.17) is 0 Å². The van der Waals surface area contributed by atoms with Crippen LogP contribution < -0.4 is 4.90 Å². The van der Waals surface area contributed by atoms with Crippen LogP contribution >= 0.6 is 0 Å². The molecule has 5 nitrogen and oxygen atoms in total. The molecule has 1 fully saturated rings. The van der Waals surface area contributed by atoms with E-state index < -0.39 is 11.9 Å². The Morgan fingerprint density at radius 2 is 1.77 bits per heavy atom. The number of carboxylic acid groups (broad SMARTS) is 1. The van der Waals surface area contributed by atoms with Crippen LogP contribution in [0.3, 0.4) is 0 Å². The lowest BCUT2D eigenvalue weighted by Crippen LogP contribution is -2.38. The molecule has 0 radical (unpaired) electrons. The minimum atomic E-state index is -0.939. The second-order valence-electron chi connectivity index (χ2n) is 6.59. The number of nitrogens with zero attached hydrogens (tertiary/aromatic N) is 2. The van der Waals surface area contributed by atoms with Crippen molar-refractivity contribution >= 4 is 17.6 Å². The van der Waals surface area contributed by atoms with Gasteiger partial charge in [-0.3, -0.25) is 9.59 Å². The highest BCUT2D eigenvalue weighted by atomic mass is 19.1. The fourth-order valence-corrected chi connectivity index (χ4v) is 3.38. The number of carbonyl (C=O) groups excluding carboxylic acids is 1. The van der Waals surface area contributed by atoms with E-state index in [1.165, 1.54) is 12.1 Å². The number of para-hydroxylation sites is 1. The molecule has 0 saturated carbocycles. The predicted molar refractivity (Wildman–Crippen MR) is 96.6 cm³/mol. The standard InChI is InChI=1S/C20H21FN2O3/c1-22(16-5-3-2-4-6-16)13-19(24)23-11-17(18(12-23)20(25)26)14-7-9-15(21)10-8-14/h2-10,17-18H,11-13H2,1H3,(H,25,26)/t17-,18+/m1/s1. The van der Waals surface area contributed by atoms with Crippen LogP contribution in [0.1, 0.15) is 11.5 Å². The summed E-state index contributed by atoms with van der Waals surface area (Å²) in [5.41, 5.74) is 1.66. The molecule has 3 rings (SSSR count). The van der Waals surface area contributed by atoms with Crippen LogP contribution in [0.25, 0.3) is 0 Å². The van der Waals surface area contributed by atoms with E-state index in [1.54, 1.807) is 17.0 Å². The van der Waals surface area contributed by atoms with Crippen molar-refractivity contribution in [3.63, 3.8) is 0 Å². The molecule has 1 heterocycles. The van der Waals surface area contributed by atoms with Gasteiger partial charge < -0.3 is 14.9 Å². The van der Waals surface area contributed by atoms with E-state index in [0.717, 1.165) is 11.3 Å². The number of aliphatic carboxylic acids is 1. The third-order valence-electron chi connectivity index (χ3n) is 4.86. The summed E-state index contributed by atoms with van der Waals surface area (Å²) in [5.74, 6) is -2.44. The zero-order chi connectivity index (χ0) is 18.7. The summed E-state index contributed by atoms with van der Waals surface area (Å²) in [6.45, 7) is 0.662. The second kappa shape index (κ2) is 7.56. The molecule has 2 atom stereocenters. The third kappa shape index (κ3) is 3.85. The number of amides is 1. The van der Waals surface area contributed by atoms with Crippen LogP contribution in [0.15, 0.2) is 54.6 Å². The van der Waals surface area contributed by atoms with Gasteiger partial charge in [-0.15, -0.1) is 0 Å². The summed E-state index contributed by atoms with van der Waals surface area (Å²) in [6.07, 6.45) is 0. The smallest absolute Gasteiger partial charge is 0.308 e. The maximum atomic E-state index is 13.2. The summed E-state index contributed by atoms with van der Waals surface area (Å²) in [5, 5.41) is 9.54. The van der Waals surface area contributed by atoms with E-state index >= 15 is 0 Å². The van der Waals surface area contributed by atoms with E-state index in [0.29, 0.717) is 6.54 Å². The number of anilines is 1. The van der Waals surface area contributed by atoms with Crippen LogP contribution in [0, 0.1) is 11.7 Å². The highest BCUT2D eigenvalue weighted by Crippen LogP contribution is 2.33. The molecule has 0 bridgehead atoms. The molecular weight excluding hydrogens is 335 g/mol. The quantitative estimate of drug-likeness (QED) is 0.895. The third-order valence-corrected chi connectivity index (χ3v) is 4.86. The number of rotatable bonds is 5. The molecule has 0 aliphatic carbocycles. The average molecular weight is 356 g/mol. The van der Waals surface area contributed by atoms with Crippen LogP contribution in [-0.4, -0.2) is 48.6 Å². The molecule has 136 valence electrons. The first-order valence-corrected chi connectivity index (χ1v) is 8.48. The number of carboxylic acids is 1. The molecule has 1 aliphatic rings. The summed E-state index contributed by atoms with van der Waals surface area (Å²) < 4.78 is 13.2. The maximum Gasteiger partial charge on any atom is 0.308 e. The van der Waals surface area contributed by atoms with Gasteiger partial charge in [-0.2, -0.15) is 0 Å². The van der Waals surface area contributed by atoms with Crippen molar-refractivity contribution in [1.29, 1.82) is 0 Å². The Kier molecular flexibility index (Phi) is 5.21. The Balaban J connectivity index is 1.71. The zero-order valence-electron chi connectivity index (χ0n) is 14.5. The highest BCUT2D eigenvalue weighted by Gasteiger charge is 2.40. The van der Waals surface area contributed by atoms with Gasteiger partial charge in [0.1, 0.15) is 5.82 Å². The van der Waals surface area contributed by atoms with Crippen molar-refractivity contribution < 1.29 is 19.1 Å². The van der Waals surface area contributed by atoms with E-state index in [9.17, 15) is 19.1 Å². The number of carbonyl (C=O) groups is 2. The van der Waals surface area contributed by atoms with Crippen LogP contribution in [0.2, 0.25) is 0 Å². The second-order valence-corrected chi connectivity index (χ2v) is 6.59. The van der Waals surface area contributed by atoms with E-state index in [2.05, 4.69) is 0 Å². The van der Waals surface area contributed by atoms with Gasteiger partial charge in [0.15, 0.2) is 0 Å². The fourth-order valence-electron chi connectivity index (χ4n) is 3.38. The van der Waals surface area contributed by atoms with Crippen LogP contribution in [0.4, 0.5) is 10.1 Å². The van der Waals surface area contributed by atoms with Gasteiger partial charge in [-0.05, 0) is 29.8 Å². The Morgan fingerprint density at radius 3 is 2.38 bits per heavy atom. The average Bonchev–Trinajstić information content (AvgIpc) is 3.09. The van der Waals surface area contributed by atoms with Crippen molar-refractivity contribution in [2.75, 3.05) is 31.6 Å². The molecule has 0 spiro atoms. The molecule has 1 N–H and O–H groups in total. The molecule has 2 aromatic carbocycles. The first kappa shape index (κ1) is 17.9. The van der Waals surface area contributed by atoms with Crippen molar-refractivity contribution in [2.24, 2.45) is 5.92 Å². The molecular formula is C20H21FN2O3. The van der Waals surface area contributed by atoms with Crippen LogP contribution in [-0.2, 0) is 9.59 Å². The van der Waals surface area contributed by atoms with Gasteiger partial charge in [-0.1, -0.05) is 30.3 Å². The van der Waals surface area contributed by atoms with Crippen molar-refractivity contribution in [3.8, 4) is 0 Å². The number of benzene rings is 2. The largest absolute Gasteiger partial charge is 0.481 e. The Morgan fingerprint density at radius 1 is 1.12 bits per heavy atom. The SMILES string of the molecule is CN(CC(=O)N1C[C@H](C(=O)O)[C@@H](c2ccc(F)cc2)C1)c1ccccc1. The number of likely N-dealkylation sites (N-methyl/N-ethyl adjacent to an activating group) is 1. The van der Waals surface area contributed by atoms with E-state index in [1.807, 2.05) is 42.3 Å². The number of hydrogen-bond acceptors (Lipinski definition) is 3. The maximum absolute atomic E-state index is 13.2. The number of likely N-dealkylation sites (tertiary alicyclic amines) is 1. The number of halogens is 1. The summed E-state index contributed by atoms with van der Waals surface area (Å²) in [6, 6.07) is 15.4. The lowest BCUT2D eigenvalue weighted by atomic mass is 9.89. The molecule has 1 saturated heterocycles. The first-order chi connectivity index (χ1) is 12.5. The topological polar surface area (TPSA) is 60.9 Å². The lowest BCUT2D eigenvalue weighted by molar-refractivity contribution is -0.141. The molecule has 26 heavy (non-hydrogen) atoms. The minimum Gasteiger partial charge on any atom is -0.481 e. The Labute approximate surface area is 151 Å². The molecule has 6 heteroatoms. The summed E-state index contributed by atoms with van der Waals surface area (Å²) in [7, 11) is 1.83. The highest BCUT2D eigenvalue weighted by molar-refractivity contribution is 5.83. The summed E-state index contributed by atoms with van der Waals surface area (Å²) >= 11 is 0. The monoisotopic (exact) mass is 356 g/mol. The van der Waals surface area contributed by atoms with Crippen molar-refractivity contribution in [2.45, 2.75) is 5.92 Å². The predicted octanol–water partition coefficient (Wildman–Crippen LogP) is 2.59. The Bertz CT molecular complexity index is 779. The summed E-state index contributed by atoms with van der Waals surface area (Å²) in [4.78, 5) is 27.7. The molecule has 1 aliphatic heterocycles. The molecule has 2 aromatic rings. The van der Waals surface area contributed by atoms with Crippen molar-refractivity contribution in [1.82, 2.24) is 4.90 Å². The van der Waals surface area contributed by atoms with Gasteiger partial charge in [-0.25, -0.2) is 4.39 Å². The fraction of sp³-hybridized carbons (Fsp3) is 0.300. The van der Waals surface area contributed by atoms with Gasteiger partial charge in [0, 0.05) is 31.7 Å². The lowest BCUT2D eigenvalue weighted by Gasteiger charge is -2.23. The van der Waals surface area contributed by atoms with Gasteiger partial charge in [0.25, 0.3) is 0 Å². The number of hydrogen-bond donors (Lipinski definition) is 1. The zero-order valence-corrected chi connectivity index (χ0v) is 14.5. The van der Waals surface area contributed by atoms with Gasteiger partial charge in [0.05, 0.1) is 12.5 Å². The van der Waals surface area contributed by atoms with Gasteiger partial charge >= 0.3 is 5.97 Å². The van der Waals surface area contributed by atoms with Crippen molar-refractivity contribution in [3.05, 3.63) is 66.0 Å². The van der Waals surface area contributed by atoms with E-state index in [-0.39, 0.29) is 30.7 Å². The minimum absolute atomic E-state index is 0.118.